The molecule has 2 heterocycles. The predicted octanol–water partition coefficient (Wildman–Crippen LogP) is 1.15. The van der Waals surface area contributed by atoms with Crippen LogP contribution in [0.3, 0.4) is 0 Å². The molecular formula is C9H8N2O3S2. The van der Waals surface area contributed by atoms with Crippen molar-refractivity contribution in [1.82, 2.24) is 9.78 Å². The molecule has 5 nitrogen and oxygen atoms in total. The third-order valence-electron chi connectivity index (χ3n) is 1.94. The van der Waals surface area contributed by atoms with Crippen LogP contribution in [-0.2, 0) is 9.84 Å². The van der Waals surface area contributed by atoms with Gasteiger partial charge in [-0.2, -0.15) is 5.10 Å². The van der Waals surface area contributed by atoms with Gasteiger partial charge in [-0.1, -0.05) is 0 Å². The summed E-state index contributed by atoms with van der Waals surface area (Å²) in [6.07, 6.45) is 4.58. The van der Waals surface area contributed by atoms with Crippen molar-refractivity contribution in [3.8, 4) is 5.00 Å². The monoisotopic (exact) mass is 256 g/mol. The van der Waals surface area contributed by atoms with Crippen LogP contribution in [-0.4, -0.2) is 30.7 Å². The summed E-state index contributed by atoms with van der Waals surface area (Å²) >= 11 is 1.25. The van der Waals surface area contributed by atoms with Crippen LogP contribution in [0.25, 0.3) is 5.00 Å². The van der Waals surface area contributed by atoms with E-state index in [2.05, 4.69) is 5.10 Å². The van der Waals surface area contributed by atoms with Gasteiger partial charge in [0.2, 0.25) is 0 Å². The van der Waals surface area contributed by atoms with E-state index in [-0.39, 0.29) is 4.90 Å². The van der Waals surface area contributed by atoms with Crippen LogP contribution in [0, 0.1) is 0 Å². The highest BCUT2D eigenvalue weighted by atomic mass is 32.2. The van der Waals surface area contributed by atoms with Gasteiger partial charge in [-0.3, -0.25) is 4.79 Å². The second-order valence-electron chi connectivity index (χ2n) is 3.19. The quantitative estimate of drug-likeness (QED) is 0.772. The fourth-order valence-corrected chi connectivity index (χ4v) is 2.43. The van der Waals surface area contributed by atoms with Gasteiger partial charge < -0.3 is 0 Å². The maximum absolute atomic E-state index is 11.2. The van der Waals surface area contributed by atoms with Gasteiger partial charge in [-0.15, -0.1) is 11.3 Å². The number of hydrogen-bond donors (Lipinski definition) is 0. The lowest BCUT2D eigenvalue weighted by Gasteiger charge is -1.93. The smallest absolute Gasteiger partial charge is 0.178 e. The number of carbonyl (C=O) groups excluding carboxylic acids is 1. The Hall–Kier alpha value is -1.47. The lowest BCUT2D eigenvalue weighted by molar-refractivity contribution is 0.112. The highest BCUT2D eigenvalue weighted by Gasteiger charge is 2.11. The van der Waals surface area contributed by atoms with E-state index in [1.165, 1.54) is 28.4 Å². The zero-order valence-corrected chi connectivity index (χ0v) is 9.96. The van der Waals surface area contributed by atoms with Crippen molar-refractivity contribution in [3.05, 3.63) is 29.4 Å². The summed E-state index contributed by atoms with van der Waals surface area (Å²) in [6, 6.07) is 3.38. The van der Waals surface area contributed by atoms with Crippen LogP contribution in [0.1, 0.15) is 9.67 Å². The summed E-state index contributed by atoms with van der Waals surface area (Å²) in [5, 5.41) is 4.64. The highest BCUT2D eigenvalue weighted by Crippen LogP contribution is 2.20. The highest BCUT2D eigenvalue weighted by molar-refractivity contribution is 7.90. The van der Waals surface area contributed by atoms with E-state index >= 15 is 0 Å². The fraction of sp³-hybridized carbons (Fsp3) is 0.111. The molecule has 0 saturated carbocycles. The molecular weight excluding hydrogens is 248 g/mol. The number of hydrogen-bond acceptors (Lipinski definition) is 5. The van der Waals surface area contributed by atoms with Crippen molar-refractivity contribution in [3.63, 3.8) is 0 Å². The lowest BCUT2D eigenvalue weighted by Crippen LogP contribution is -1.94. The molecule has 0 unspecified atom stereocenters. The molecule has 0 amide bonds. The Kier molecular flexibility index (Phi) is 2.64. The van der Waals surface area contributed by atoms with E-state index in [0.29, 0.717) is 9.88 Å². The van der Waals surface area contributed by atoms with Gasteiger partial charge in [0.15, 0.2) is 16.1 Å². The van der Waals surface area contributed by atoms with Gasteiger partial charge >= 0.3 is 0 Å². The average molecular weight is 256 g/mol. The van der Waals surface area contributed by atoms with Crippen LogP contribution in [0.2, 0.25) is 0 Å². The van der Waals surface area contributed by atoms with Gasteiger partial charge in [0, 0.05) is 6.26 Å². The molecule has 0 fully saturated rings. The van der Waals surface area contributed by atoms with Gasteiger partial charge in [-0.05, 0) is 12.1 Å². The molecule has 0 aliphatic heterocycles. The Morgan fingerprint density at radius 2 is 2.19 bits per heavy atom. The molecule has 0 atom stereocenters. The van der Waals surface area contributed by atoms with Gasteiger partial charge in [0.05, 0.1) is 17.3 Å². The first kappa shape index (κ1) is 11.0. The first-order valence-electron chi connectivity index (χ1n) is 4.31. The van der Waals surface area contributed by atoms with Crippen molar-refractivity contribution in [2.45, 2.75) is 4.90 Å². The number of sulfone groups is 1. The molecule has 2 aromatic rings. The van der Waals surface area contributed by atoms with Crippen molar-refractivity contribution in [2.75, 3.05) is 6.26 Å². The van der Waals surface area contributed by atoms with Crippen molar-refractivity contribution < 1.29 is 13.2 Å². The lowest BCUT2D eigenvalue weighted by atomic mass is 10.5. The van der Waals surface area contributed by atoms with Gasteiger partial charge in [-0.25, -0.2) is 13.1 Å². The Morgan fingerprint density at radius 1 is 1.44 bits per heavy atom. The van der Waals surface area contributed by atoms with E-state index in [9.17, 15) is 13.2 Å². The Labute approximate surface area is 96.3 Å². The fourth-order valence-electron chi connectivity index (χ4n) is 1.15. The summed E-state index contributed by atoms with van der Waals surface area (Å²) in [7, 11) is -3.24. The molecule has 2 aromatic heterocycles. The third kappa shape index (κ3) is 2.05. The van der Waals surface area contributed by atoms with Crippen molar-refractivity contribution in [1.29, 1.82) is 0 Å². The van der Waals surface area contributed by atoms with Crippen LogP contribution in [0.5, 0.6) is 0 Å². The van der Waals surface area contributed by atoms with E-state index < -0.39 is 9.84 Å². The Bertz CT molecular complexity index is 625. The summed E-state index contributed by atoms with van der Waals surface area (Å²) in [4.78, 5) is 11.2. The topological polar surface area (TPSA) is 69.0 Å². The molecule has 0 saturated heterocycles. The third-order valence-corrected chi connectivity index (χ3v) is 4.01. The number of carbonyl (C=O) groups is 1. The molecule has 0 aliphatic carbocycles. The molecule has 0 N–H and O–H groups in total. The normalized spacial score (nSPS) is 11.6. The van der Waals surface area contributed by atoms with Gasteiger partial charge in [0.1, 0.15) is 9.90 Å². The van der Waals surface area contributed by atoms with Crippen LogP contribution < -0.4 is 0 Å². The second kappa shape index (κ2) is 3.84. The predicted molar refractivity (Wildman–Crippen MR) is 59.9 cm³/mol. The van der Waals surface area contributed by atoms with E-state index in [1.807, 2.05) is 0 Å². The van der Waals surface area contributed by atoms with Crippen molar-refractivity contribution in [2.24, 2.45) is 0 Å². The van der Waals surface area contributed by atoms with Crippen LogP contribution in [0.4, 0.5) is 0 Å². The summed E-state index contributed by atoms with van der Waals surface area (Å²) in [5.74, 6) is 0. The molecule has 84 valence electrons. The minimum absolute atomic E-state index is 0.161. The number of aldehydes is 1. The molecule has 7 heteroatoms. The molecule has 0 aromatic carbocycles. The maximum atomic E-state index is 11.2. The van der Waals surface area contributed by atoms with Crippen molar-refractivity contribution >= 4 is 27.5 Å². The SMILES string of the molecule is CS(=O)(=O)c1cnn(-c2ccc(C=O)s2)c1. The molecule has 0 bridgehead atoms. The molecule has 16 heavy (non-hydrogen) atoms. The molecule has 0 spiro atoms. The minimum atomic E-state index is -3.24. The number of rotatable bonds is 3. The minimum Gasteiger partial charge on any atom is -0.297 e. The maximum Gasteiger partial charge on any atom is 0.178 e. The second-order valence-corrected chi connectivity index (χ2v) is 6.30. The Balaban J connectivity index is 2.42. The summed E-state index contributed by atoms with van der Waals surface area (Å²) in [6.45, 7) is 0. The Morgan fingerprint density at radius 3 is 2.69 bits per heavy atom. The van der Waals surface area contributed by atoms with Gasteiger partial charge in [0.25, 0.3) is 0 Å². The zero-order chi connectivity index (χ0) is 11.8. The molecule has 0 radical (unpaired) electrons. The first-order valence-corrected chi connectivity index (χ1v) is 7.01. The van der Waals surface area contributed by atoms with Crippen LogP contribution >= 0.6 is 11.3 Å². The van der Waals surface area contributed by atoms with E-state index in [0.717, 1.165) is 12.5 Å². The first-order chi connectivity index (χ1) is 7.50. The number of nitrogens with zero attached hydrogens (tertiary/aromatic N) is 2. The van der Waals surface area contributed by atoms with E-state index in [4.69, 9.17) is 0 Å². The van der Waals surface area contributed by atoms with E-state index in [1.54, 1.807) is 12.1 Å². The molecule has 0 aliphatic rings. The number of aromatic nitrogens is 2. The largest absolute Gasteiger partial charge is 0.297 e. The van der Waals surface area contributed by atoms with Crippen LogP contribution in [0.15, 0.2) is 29.4 Å². The molecule has 2 rings (SSSR count). The average Bonchev–Trinajstić information content (AvgIpc) is 2.85. The standard InChI is InChI=1S/C9H8N2O3S2/c1-16(13,14)8-4-10-11(5-8)9-3-2-7(6-12)15-9/h2-6H,1H3. The summed E-state index contributed by atoms with van der Waals surface area (Å²) in [5.41, 5.74) is 0. The summed E-state index contributed by atoms with van der Waals surface area (Å²) < 4.78 is 23.9. The number of thiophene rings is 1. The zero-order valence-electron chi connectivity index (χ0n) is 8.32.